The highest BCUT2D eigenvalue weighted by Gasteiger charge is 2.25. The van der Waals surface area contributed by atoms with Crippen LogP contribution in [-0.4, -0.2) is 23.5 Å². The van der Waals surface area contributed by atoms with Gasteiger partial charge in [0.2, 0.25) is 0 Å². The molecule has 1 fully saturated rings. The van der Waals surface area contributed by atoms with Gasteiger partial charge in [0.05, 0.1) is 5.02 Å². The maximum absolute atomic E-state index is 11.9. The summed E-state index contributed by atoms with van der Waals surface area (Å²) >= 11 is 5.77. The summed E-state index contributed by atoms with van der Waals surface area (Å²) in [6, 6.07) is 1.83. The van der Waals surface area contributed by atoms with Crippen LogP contribution >= 0.6 is 11.6 Å². The molecule has 1 heterocycles. The van der Waals surface area contributed by atoms with Gasteiger partial charge in [0.1, 0.15) is 5.69 Å². The van der Waals surface area contributed by atoms with Gasteiger partial charge in [0.25, 0.3) is 5.91 Å². The van der Waals surface area contributed by atoms with Crippen LogP contribution in [0.15, 0.2) is 12.3 Å². The van der Waals surface area contributed by atoms with Crippen LogP contribution in [0.2, 0.25) is 5.02 Å². The minimum absolute atomic E-state index is 0.0951. The zero-order valence-electron chi connectivity index (χ0n) is 9.71. The minimum Gasteiger partial charge on any atom is -0.356 e. The molecular weight excluding hydrogens is 238 g/mol. The van der Waals surface area contributed by atoms with Gasteiger partial charge in [-0.2, -0.15) is 0 Å². The van der Waals surface area contributed by atoms with Gasteiger partial charge in [-0.05, 0) is 31.4 Å². The monoisotopic (exact) mass is 255 g/mol. The number of H-pyrrole nitrogens is 1. The zero-order chi connectivity index (χ0) is 12.3. The molecule has 17 heavy (non-hydrogen) atoms. The van der Waals surface area contributed by atoms with Crippen molar-refractivity contribution in [1.82, 2.24) is 10.3 Å². The molecular formula is C12H18ClN3O. The molecule has 2 atom stereocenters. The number of nitrogens with two attached hydrogens (primary N) is 1. The van der Waals surface area contributed by atoms with E-state index in [1.54, 1.807) is 12.3 Å². The summed E-state index contributed by atoms with van der Waals surface area (Å²) in [4.78, 5) is 14.8. The first-order valence-corrected chi connectivity index (χ1v) is 6.43. The van der Waals surface area contributed by atoms with Crippen molar-refractivity contribution in [1.29, 1.82) is 0 Å². The molecule has 0 aliphatic heterocycles. The fraction of sp³-hybridized carbons (Fsp3) is 0.583. The molecule has 0 radical (unpaired) electrons. The maximum atomic E-state index is 11.9. The van der Waals surface area contributed by atoms with Crippen LogP contribution in [0.4, 0.5) is 0 Å². The van der Waals surface area contributed by atoms with E-state index in [4.69, 9.17) is 17.3 Å². The predicted molar refractivity (Wildman–Crippen MR) is 68.1 cm³/mol. The lowest BCUT2D eigenvalue weighted by molar-refractivity contribution is 0.0903. The van der Waals surface area contributed by atoms with Gasteiger partial charge in [-0.3, -0.25) is 4.79 Å². The fourth-order valence-corrected chi connectivity index (χ4v) is 2.59. The van der Waals surface area contributed by atoms with Crippen LogP contribution in [0, 0.1) is 5.92 Å². The quantitative estimate of drug-likeness (QED) is 0.772. The van der Waals surface area contributed by atoms with Crippen molar-refractivity contribution in [2.24, 2.45) is 11.7 Å². The Balaban J connectivity index is 1.97. The number of carbonyl (C=O) groups excluding carboxylic acids is 1. The average Bonchev–Trinajstić information content (AvgIpc) is 2.77. The lowest BCUT2D eigenvalue weighted by Gasteiger charge is -2.31. The van der Waals surface area contributed by atoms with E-state index in [1.807, 2.05) is 0 Å². The lowest BCUT2D eigenvalue weighted by Crippen LogP contribution is -2.44. The molecule has 0 bridgehead atoms. The van der Waals surface area contributed by atoms with Crippen molar-refractivity contribution < 1.29 is 4.79 Å². The van der Waals surface area contributed by atoms with Crippen LogP contribution in [0.1, 0.15) is 36.2 Å². The summed E-state index contributed by atoms with van der Waals surface area (Å²) < 4.78 is 0. The molecule has 4 nitrogen and oxygen atoms in total. The van der Waals surface area contributed by atoms with Gasteiger partial charge in [0, 0.05) is 12.2 Å². The summed E-state index contributed by atoms with van der Waals surface area (Å²) in [6.45, 7) is 0.635. The summed E-state index contributed by atoms with van der Waals surface area (Å²) in [6.07, 6.45) is 6.10. The standard InChI is InChI=1S/C12H18ClN3O/c13-9-5-11(15-7-9)12(17)16-10-4-2-1-3-8(10)6-14/h5,7-8,10,15H,1-4,6,14H2,(H,16,17). The van der Waals surface area contributed by atoms with Crippen molar-refractivity contribution in [2.45, 2.75) is 31.7 Å². The van der Waals surface area contributed by atoms with Crippen LogP contribution in [-0.2, 0) is 0 Å². The predicted octanol–water partition coefficient (Wildman–Crippen LogP) is 1.92. The lowest BCUT2D eigenvalue weighted by atomic mass is 9.84. The van der Waals surface area contributed by atoms with E-state index in [1.165, 1.54) is 6.42 Å². The molecule has 4 N–H and O–H groups in total. The third-order valence-electron chi connectivity index (χ3n) is 3.42. The number of nitrogens with one attached hydrogen (secondary N) is 2. The van der Waals surface area contributed by atoms with Gasteiger partial charge in [-0.25, -0.2) is 0 Å². The molecule has 1 saturated carbocycles. The van der Waals surface area contributed by atoms with E-state index in [0.717, 1.165) is 19.3 Å². The van der Waals surface area contributed by atoms with Crippen molar-refractivity contribution in [3.63, 3.8) is 0 Å². The second-order valence-electron chi connectivity index (χ2n) is 4.59. The SMILES string of the molecule is NCC1CCCCC1NC(=O)c1cc(Cl)c[nH]1. The topological polar surface area (TPSA) is 70.9 Å². The Labute approximate surface area is 106 Å². The molecule has 0 saturated heterocycles. The third kappa shape index (κ3) is 3.01. The van der Waals surface area contributed by atoms with E-state index in [0.29, 0.717) is 23.2 Å². The molecule has 2 rings (SSSR count). The Hall–Kier alpha value is -1.00. The summed E-state index contributed by atoms with van der Waals surface area (Å²) in [5.74, 6) is 0.306. The number of aromatic nitrogens is 1. The maximum Gasteiger partial charge on any atom is 0.267 e. The Kier molecular flexibility index (Phi) is 4.07. The first-order valence-electron chi connectivity index (χ1n) is 6.05. The number of aromatic amines is 1. The Morgan fingerprint density at radius 1 is 1.53 bits per heavy atom. The molecule has 1 aromatic heterocycles. The molecule has 1 amide bonds. The molecule has 0 spiro atoms. The number of hydrogen-bond donors (Lipinski definition) is 3. The molecule has 5 heteroatoms. The van der Waals surface area contributed by atoms with E-state index in [9.17, 15) is 4.79 Å². The first-order chi connectivity index (χ1) is 8.20. The number of amides is 1. The van der Waals surface area contributed by atoms with Crippen LogP contribution < -0.4 is 11.1 Å². The molecule has 0 aromatic carbocycles. The number of halogens is 1. The van der Waals surface area contributed by atoms with Gasteiger partial charge in [0.15, 0.2) is 0 Å². The van der Waals surface area contributed by atoms with E-state index >= 15 is 0 Å². The fourth-order valence-electron chi connectivity index (χ4n) is 2.42. The Morgan fingerprint density at radius 3 is 2.94 bits per heavy atom. The van der Waals surface area contributed by atoms with E-state index < -0.39 is 0 Å². The second-order valence-corrected chi connectivity index (χ2v) is 5.03. The highest BCUT2D eigenvalue weighted by molar-refractivity contribution is 6.30. The van der Waals surface area contributed by atoms with Gasteiger partial charge in [-0.15, -0.1) is 0 Å². The Bertz CT molecular complexity index is 391. The number of rotatable bonds is 3. The van der Waals surface area contributed by atoms with Gasteiger partial charge < -0.3 is 16.0 Å². The van der Waals surface area contributed by atoms with Crippen molar-refractivity contribution in [3.8, 4) is 0 Å². The summed E-state index contributed by atoms with van der Waals surface area (Å²) in [7, 11) is 0. The Morgan fingerprint density at radius 2 is 2.29 bits per heavy atom. The molecule has 94 valence electrons. The normalized spacial score (nSPS) is 24.6. The smallest absolute Gasteiger partial charge is 0.267 e. The van der Waals surface area contributed by atoms with Gasteiger partial charge >= 0.3 is 0 Å². The summed E-state index contributed by atoms with van der Waals surface area (Å²) in [5, 5.41) is 3.59. The first kappa shape index (κ1) is 12.5. The number of hydrogen-bond acceptors (Lipinski definition) is 2. The van der Waals surface area contributed by atoms with Crippen molar-refractivity contribution in [3.05, 3.63) is 23.0 Å². The number of carbonyl (C=O) groups is 1. The second kappa shape index (κ2) is 5.56. The van der Waals surface area contributed by atoms with E-state index in [2.05, 4.69) is 10.3 Å². The third-order valence-corrected chi connectivity index (χ3v) is 3.64. The highest BCUT2D eigenvalue weighted by Crippen LogP contribution is 2.23. The zero-order valence-corrected chi connectivity index (χ0v) is 10.5. The minimum atomic E-state index is -0.0951. The van der Waals surface area contributed by atoms with Gasteiger partial charge in [-0.1, -0.05) is 24.4 Å². The van der Waals surface area contributed by atoms with E-state index in [-0.39, 0.29) is 11.9 Å². The van der Waals surface area contributed by atoms with Crippen molar-refractivity contribution in [2.75, 3.05) is 6.54 Å². The van der Waals surface area contributed by atoms with Crippen molar-refractivity contribution >= 4 is 17.5 Å². The molecule has 1 aromatic rings. The molecule has 1 aliphatic rings. The largest absolute Gasteiger partial charge is 0.356 e. The average molecular weight is 256 g/mol. The van der Waals surface area contributed by atoms with Crippen LogP contribution in [0.25, 0.3) is 0 Å². The highest BCUT2D eigenvalue weighted by atomic mass is 35.5. The summed E-state index contributed by atoms with van der Waals surface area (Å²) in [5.41, 5.74) is 6.24. The van der Waals surface area contributed by atoms with Crippen LogP contribution in [0.3, 0.4) is 0 Å². The van der Waals surface area contributed by atoms with Crippen LogP contribution in [0.5, 0.6) is 0 Å². The molecule has 1 aliphatic carbocycles. The molecule has 2 unspecified atom stereocenters.